The number of fused-ring (bicyclic) bond motifs is 3. The maximum Gasteiger partial charge on any atom is 0.267 e. The van der Waals surface area contributed by atoms with Crippen LogP contribution in [0.3, 0.4) is 0 Å². The Kier molecular flexibility index (Phi) is 5.93. The Morgan fingerprint density at radius 3 is 3.03 bits per heavy atom. The van der Waals surface area contributed by atoms with E-state index in [1.54, 1.807) is 18.2 Å². The highest BCUT2D eigenvalue weighted by molar-refractivity contribution is 7.99. The van der Waals surface area contributed by atoms with Gasteiger partial charge in [-0.1, -0.05) is 36.7 Å². The van der Waals surface area contributed by atoms with Gasteiger partial charge in [-0.05, 0) is 42.9 Å². The molecule has 5 nitrogen and oxygen atoms in total. The number of aryl methyl sites for hydroxylation is 1. The molecule has 1 aromatic carbocycles. The largest absolute Gasteiger partial charge is 0.344 e. The molecule has 8 heteroatoms. The lowest BCUT2D eigenvalue weighted by molar-refractivity contribution is -0.118. The van der Waals surface area contributed by atoms with E-state index >= 15 is 0 Å². The van der Waals surface area contributed by atoms with Gasteiger partial charge in [0.2, 0.25) is 5.91 Å². The van der Waals surface area contributed by atoms with Gasteiger partial charge in [0.05, 0.1) is 23.4 Å². The molecule has 30 heavy (non-hydrogen) atoms. The molecule has 1 unspecified atom stereocenters. The Labute approximate surface area is 181 Å². The predicted molar refractivity (Wildman–Crippen MR) is 119 cm³/mol. The van der Waals surface area contributed by atoms with Crippen molar-refractivity contribution < 1.29 is 9.18 Å². The lowest BCUT2D eigenvalue weighted by Gasteiger charge is -2.18. The predicted octanol–water partition coefficient (Wildman–Crippen LogP) is 3.55. The fourth-order valence-electron chi connectivity index (χ4n) is 3.64. The van der Waals surface area contributed by atoms with E-state index in [1.807, 2.05) is 0 Å². The van der Waals surface area contributed by atoms with Crippen molar-refractivity contribution in [1.82, 2.24) is 14.9 Å². The molecule has 2 aromatic heterocycles. The van der Waals surface area contributed by atoms with Crippen LogP contribution in [-0.2, 0) is 17.6 Å². The molecule has 2 heterocycles. The lowest BCUT2D eigenvalue weighted by atomic mass is 9.89. The number of amides is 1. The van der Waals surface area contributed by atoms with E-state index in [4.69, 9.17) is 11.4 Å². The standard InChI is InChI=1S/C22H20FN3O2S2/c1-3-10-24-18(27)12-29-22-25-20-19(14-9-8-13(2)11-17(14)30-20)21(28)26(22)16-7-5-4-6-15(16)23/h1,4-7,13H,8-12H2,2H3,(H,24,27). The van der Waals surface area contributed by atoms with E-state index in [2.05, 4.69) is 18.2 Å². The minimum absolute atomic E-state index is 0.0240. The number of carbonyl (C=O) groups is 1. The van der Waals surface area contributed by atoms with Crippen molar-refractivity contribution in [2.75, 3.05) is 12.3 Å². The Balaban J connectivity index is 1.86. The number of thiophene rings is 1. The van der Waals surface area contributed by atoms with E-state index in [1.165, 1.54) is 26.8 Å². The maximum absolute atomic E-state index is 14.6. The van der Waals surface area contributed by atoms with Crippen LogP contribution in [0, 0.1) is 24.1 Å². The van der Waals surface area contributed by atoms with Gasteiger partial charge in [-0.25, -0.2) is 9.37 Å². The van der Waals surface area contributed by atoms with Gasteiger partial charge in [0.25, 0.3) is 5.56 Å². The van der Waals surface area contributed by atoms with Crippen molar-refractivity contribution in [3.05, 3.63) is 50.9 Å². The van der Waals surface area contributed by atoms with E-state index < -0.39 is 5.82 Å². The van der Waals surface area contributed by atoms with E-state index in [0.717, 1.165) is 36.6 Å². The van der Waals surface area contributed by atoms with Crippen LogP contribution in [0.2, 0.25) is 0 Å². The number of rotatable bonds is 5. The third kappa shape index (κ3) is 3.87. The highest BCUT2D eigenvalue weighted by atomic mass is 32.2. The molecule has 0 radical (unpaired) electrons. The van der Waals surface area contributed by atoms with Gasteiger partial charge in [0, 0.05) is 4.88 Å². The summed E-state index contributed by atoms with van der Waals surface area (Å²) in [5.74, 6) is 2.14. The number of carbonyl (C=O) groups excluding carboxylic acids is 1. The summed E-state index contributed by atoms with van der Waals surface area (Å²) in [6, 6.07) is 6.11. The van der Waals surface area contributed by atoms with Crippen LogP contribution in [0.15, 0.2) is 34.2 Å². The molecule has 1 atom stereocenters. The molecule has 1 N–H and O–H groups in total. The number of terminal acetylenes is 1. The summed E-state index contributed by atoms with van der Waals surface area (Å²) >= 11 is 2.63. The number of nitrogens with one attached hydrogen (secondary N) is 1. The highest BCUT2D eigenvalue weighted by Gasteiger charge is 2.26. The second-order valence-corrected chi connectivity index (χ2v) is 9.31. The van der Waals surface area contributed by atoms with Crippen molar-refractivity contribution in [2.45, 2.75) is 31.3 Å². The van der Waals surface area contributed by atoms with E-state index in [9.17, 15) is 14.0 Å². The first-order valence-corrected chi connectivity index (χ1v) is 11.4. The average molecular weight is 442 g/mol. The van der Waals surface area contributed by atoms with E-state index in [0.29, 0.717) is 21.3 Å². The van der Waals surface area contributed by atoms with Crippen LogP contribution in [0.25, 0.3) is 15.9 Å². The molecule has 3 aromatic rings. The molecule has 0 bridgehead atoms. The summed E-state index contributed by atoms with van der Waals surface area (Å²) in [6.45, 7) is 2.33. The van der Waals surface area contributed by atoms with Crippen molar-refractivity contribution in [3.63, 3.8) is 0 Å². The number of halogens is 1. The molecule has 0 spiro atoms. The molecule has 0 aliphatic heterocycles. The zero-order valence-electron chi connectivity index (χ0n) is 16.4. The third-order valence-electron chi connectivity index (χ3n) is 5.11. The van der Waals surface area contributed by atoms with E-state index in [-0.39, 0.29) is 29.5 Å². The number of para-hydroxylation sites is 1. The Hall–Kier alpha value is -2.63. The zero-order chi connectivity index (χ0) is 21.3. The number of thioether (sulfide) groups is 1. The smallest absolute Gasteiger partial charge is 0.267 e. The SMILES string of the molecule is C#CCNC(=O)CSc1nc2sc3c(c2c(=O)n1-c1ccccc1F)CCC(C)C3. The average Bonchev–Trinajstić information content (AvgIpc) is 3.09. The van der Waals surface area contributed by atoms with Crippen LogP contribution in [0.5, 0.6) is 0 Å². The number of benzene rings is 1. The van der Waals surface area contributed by atoms with Crippen molar-refractivity contribution in [2.24, 2.45) is 5.92 Å². The summed E-state index contributed by atoms with van der Waals surface area (Å²) < 4.78 is 15.9. The van der Waals surface area contributed by atoms with Crippen molar-refractivity contribution in [1.29, 1.82) is 0 Å². The zero-order valence-corrected chi connectivity index (χ0v) is 18.0. The van der Waals surface area contributed by atoms with Crippen LogP contribution in [-0.4, -0.2) is 27.8 Å². The molecule has 4 rings (SSSR count). The summed E-state index contributed by atoms with van der Waals surface area (Å²) in [4.78, 5) is 32.1. The molecule has 1 aliphatic rings. The number of hydrogen-bond acceptors (Lipinski definition) is 5. The maximum atomic E-state index is 14.6. The number of nitrogens with zero attached hydrogens (tertiary/aromatic N) is 2. The normalized spacial score (nSPS) is 15.6. The van der Waals surface area contributed by atoms with Crippen molar-refractivity contribution in [3.8, 4) is 18.0 Å². The topological polar surface area (TPSA) is 64.0 Å². The Morgan fingerprint density at radius 2 is 2.27 bits per heavy atom. The molecule has 1 amide bonds. The van der Waals surface area contributed by atoms with Gasteiger partial charge in [0.1, 0.15) is 10.6 Å². The fourth-order valence-corrected chi connectivity index (χ4v) is 5.90. The second-order valence-electron chi connectivity index (χ2n) is 7.29. The van der Waals surface area contributed by atoms with Crippen LogP contribution < -0.4 is 10.9 Å². The molecule has 0 saturated heterocycles. The van der Waals surface area contributed by atoms with Gasteiger partial charge in [0.15, 0.2) is 5.16 Å². The third-order valence-corrected chi connectivity index (χ3v) is 7.20. The molecule has 0 saturated carbocycles. The Morgan fingerprint density at radius 1 is 1.47 bits per heavy atom. The van der Waals surface area contributed by atoms with Crippen LogP contribution in [0.4, 0.5) is 4.39 Å². The summed E-state index contributed by atoms with van der Waals surface area (Å²) in [7, 11) is 0. The first-order valence-electron chi connectivity index (χ1n) is 9.64. The minimum Gasteiger partial charge on any atom is -0.344 e. The summed E-state index contributed by atoms with van der Waals surface area (Å²) in [5, 5.41) is 3.45. The molecule has 1 aliphatic carbocycles. The molecular weight excluding hydrogens is 421 g/mol. The highest BCUT2D eigenvalue weighted by Crippen LogP contribution is 2.37. The first-order chi connectivity index (χ1) is 14.5. The van der Waals surface area contributed by atoms with Crippen molar-refractivity contribution >= 4 is 39.2 Å². The molecule has 0 fully saturated rings. The lowest BCUT2D eigenvalue weighted by Crippen LogP contribution is -2.27. The monoisotopic (exact) mass is 441 g/mol. The summed E-state index contributed by atoms with van der Waals surface area (Å²) in [6.07, 6.45) is 7.94. The van der Waals surface area contributed by atoms with Crippen LogP contribution >= 0.6 is 23.1 Å². The van der Waals surface area contributed by atoms with Gasteiger partial charge < -0.3 is 5.32 Å². The Bertz CT molecular complexity index is 1230. The number of hydrogen-bond donors (Lipinski definition) is 1. The quantitative estimate of drug-likeness (QED) is 0.374. The van der Waals surface area contributed by atoms with Gasteiger partial charge in [-0.2, -0.15) is 0 Å². The second kappa shape index (κ2) is 8.62. The fraction of sp³-hybridized carbons (Fsp3) is 0.318. The van der Waals surface area contributed by atoms with Crippen LogP contribution in [0.1, 0.15) is 23.8 Å². The first kappa shape index (κ1) is 20.6. The van der Waals surface area contributed by atoms with Gasteiger partial charge >= 0.3 is 0 Å². The number of aromatic nitrogens is 2. The summed E-state index contributed by atoms with van der Waals surface area (Å²) in [5.41, 5.74) is 0.884. The van der Waals surface area contributed by atoms with Gasteiger partial charge in [-0.3, -0.25) is 14.2 Å². The van der Waals surface area contributed by atoms with Gasteiger partial charge in [-0.15, -0.1) is 17.8 Å². The minimum atomic E-state index is -0.517. The molecular formula is C22H20FN3O2S2. The molecule has 154 valence electrons.